The van der Waals surface area contributed by atoms with E-state index in [1.807, 2.05) is 45.1 Å². The van der Waals surface area contributed by atoms with E-state index in [0.717, 1.165) is 12.0 Å². The number of carbonyl (C=O) groups excluding carboxylic acids is 1. The van der Waals surface area contributed by atoms with Crippen molar-refractivity contribution >= 4 is 29.2 Å². The van der Waals surface area contributed by atoms with Crippen molar-refractivity contribution < 1.29 is 14.7 Å². The first-order valence-electron chi connectivity index (χ1n) is 10.5. The number of carboxylic acid groups (broad SMARTS) is 1. The Morgan fingerprint density at radius 3 is 2.65 bits per heavy atom. The molecule has 0 amide bonds. The highest BCUT2D eigenvalue weighted by molar-refractivity contribution is 7.08. The summed E-state index contributed by atoms with van der Waals surface area (Å²) < 4.78 is 0. The molecule has 2 rings (SSSR count). The van der Waals surface area contributed by atoms with E-state index in [1.165, 1.54) is 11.1 Å². The Labute approximate surface area is 189 Å². The molecule has 4 heteroatoms. The Bertz CT molecular complexity index is 979. The lowest BCUT2D eigenvalue weighted by Crippen LogP contribution is -2.23. The number of thiophene rings is 1. The monoisotopic (exact) mass is 434 g/mol. The molecule has 162 valence electrons. The normalized spacial score (nSPS) is 12.6. The average Bonchev–Trinajstić information content (AvgIpc) is 3.24. The van der Waals surface area contributed by atoms with Gasteiger partial charge in [0.15, 0.2) is 0 Å². The molecule has 1 atom stereocenters. The van der Waals surface area contributed by atoms with Crippen LogP contribution in [0, 0.1) is 23.2 Å². The predicted molar refractivity (Wildman–Crippen MR) is 130 cm³/mol. The fourth-order valence-electron chi connectivity index (χ4n) is 2.93. The molecule has 1 heterocycles. The van der Waals surface area contributed by atoms with Gasteiger partial charge in [0.2, 0.25) is 0 Å². The molecule has 2 aromatic rings. The lowest BCUT2D eigenvalue weighted by Gasteiger charge is -2.08. The van der Waals surface area contributed by atoms with Gasteiger partial charge in [-0.3, -0.25) is 9.59 Å². The highest BCUT2D eigenvalue weighted by Gasteiger charge is 2.23. The molecule has 0 aliphatic heterocycles. The minimum absolute atomic E-state index is 0.106. The van der Waals surface area contributed by atoms with Crippen LogP contribution in [-0.4, -0.2) is 16.9 Å². The van der Waals surface area contributed by atoms with Crippen LogP contribution in [0.4, 0.5) is 0 Å². The van der Waals surface area contributed by atoms with E-state index in [4.69, 9.17) is 0 Å². The van der Waals surface area contributed by atoms with E-state index in [9.17, 15) is 14.7 Å². The average molecular weight is 435 g/mol. The third-order valence-electron chi connectivity index (χ3n) is 4.55. The molecule has 1 aromatic carbocycles. The number of unbranched alkanes of at least 4 members (excludes halogenated alkanes) is 1. The summed E-state index contributed by atoms with van der Waals surface area (Å²) in [5.41, 5.74) is 3.40. The predicted octanol–water partition coefficient (Wildman–Crippen LogP) is 6.86. The second-order valence-electron chi connectivity index (χ2n) is 8.45. The first-order chi connectivity index (χ1) is 14.8. The van der Waals surface area contributed by atoms with E-state index in [2.05, 4.69) is 40.8 Å². The van der Waals surface area contributed by atoms with Crippen LogP contribution < -0.4 is 0 Å². The summed E-state index contributed by atoms with van der Waals surface area (Å²) in [7, 11) is 0. The van der Waals surface area contributed by atoms with Crippen LogP contribution >= 0.6 is 11.3 Å². The standard InChI is InChI=1S/C27H30O3S/c1-27(2,3)17-9-5-7-14-24(26(29)30)25(28)15-8-4-6-11-21-12-10-13-22(19-21)23-16-18-31-20-23/h5-7,10-13,16,18-20,24H,4,8,14-15H2,1-3H3,(H,29,30)/b7-5+,11-6+. The lowest BCUT2D eigenvalue weighted by molar-refractivity contribution is -0.146. The van der Waals surface area contributed by atoms with Gasteiger partial charge in [0.25, 0.3) is 0 Å². The zero-order valence-corrected chi connectivity index (χ0v) is 19.2. The molecule has 0 aliphatic carbocycles. The van der Waals surface area contributed by atoms with Gasteiger partial charge >= 0.3 is 5.97 Å². The topological polar surface area (TPSA) is 54.4 Å². The molecule has 31 heavy (non-hydrogen) atoms. The fraction of sp³-hybridized carbons (Fsp3) is 0.333. The van der Waals surface area contributed by atoms with E-state index in [-0.39, 0.29) is 24.0 Å². The zero-order chi connectivity index (χ0) is 22.7. The van der Waals surface area contributed by atoms with Crippen molar-refractivity contribution in [3.63, 3.8) is 0 Å². The molecular weight excluding hydrogens is 404 g/mol. The van der Waals surface area contributed by atoms with Gasteiger partial charge in [-0.05, 0) is 85.7 Å². The molecule has 1 aromatic heterocycles. The van der Waals surface area contributed by atoms with Crippen molar-refractivity contribution in [2.45, 2.75) is 46.5 Å². The highest BCUT2D eigenvalue weighted by atomic mass is 32.1. The van der Waals surface area contributed by atoms with Crippen molar-refractivity contribution in [3.8, 4) is 23.0 Å². The molecule has 0 saturated carbocycles. The minimum atomic E-state index is -1.07. The van der Waals surface area contributed by atoms with E-state index in [1.54, 1.807) is 23.5 Å². The number of carbonyl (C=O) groups is 2. The van der Waals surface area contributed by atoms with Gasteiger partial charge in [-0.15, -0.1) is 0 Å². The number of aliphatic carboxylic acids is 1. The number of benzene rings is 1. The zero-order valence-electron chi connectivity index (χ0n) is 18.4. The molecule has 0 aliphatic rings. The van der Waals surface area contributed by atoms with Crippen LogP contribution in [0.2, 0.25) is 0 Å². The first-order valence-corrected chi connectivity index (χ1v) is 11.4. The van der Waals surface area contributed by atoms with Gasteiger partial charge in [-0.1, -0.05) is 48.3 Å². The van der Waals surface area contributed by atoms with Gasteiger partial charge in [0.05, 0.1) is 0 Å². The maximum Gasteiger partial charge on any atom is 0.314 e. The summed E-state index contributed by atoms with van der Waals surface area (Å²) in [6.45, 7) is 6.02. The second-order valence-corrected chi connectivity index (χ2v) is 9.23. The first kappa shape index (κ1) is 24.4. The summed E-state index contributed by atoms with van der Waals surface area (Å²) in [6.07, 6.45) is 9.21. The number of allylic oxidation sites excluding steroid dienone is 3. The summed E-state index contributed by atoms with van der Waals surface area (Å²) in [6, 6.07) is 10.4. The molecular formula is C27H30O3S. The van der Waals surface area contributed by atoms with Gasteiger partial charge in [-0.25, -0.2) is 0 Å². The Kier molecular flexibility index (Phi) is 9.49. The van der Waals surface area contributed by atoms with Crippen LogP contribution in [0.1, 0.15) is 52.0 Å². The second kappa shape index (κ2) is 12.1. The minimum Gasteiger partial charge on any atom is -0.481 e. The number of hydrogen-bond acceptors (Lipinski definition) is 3. The van der Waals surface area contributed by atoms with Crippen LogP contribution in [0.25, 0.3) is 17.2 Å². The van der Waals surface area contributed by atoms with E-state index in [0.29, 0.717) is 6.42 Å². The lowest BCUT2D eigenvalue weighted by atomic mass is 9.95. The Balaban J connectivity index is 1.81. The van der Waals surface area contributed by atoms with Crippen LogP contribution in [0.15, 0.2) is 59.3 Å². The van der Waals surface area contributed by atoms with Gasteiger partial charge in [0, 0.05) is 11.8 Å². The third-order valence-corrected chi connectivity index (χ3v) is 5.24. The number of Topliss-reactive ketones (excluding diaryl/α,β-unsaturated/α-hetero) is 1. The molecule has 0 radical (unpaired) electrons. The fourth-order valence-corrected chi connectivity index (χ4v) is 3.59. The number of rotatable bonds is 10. The summed E-state index contributed by atoms with van der Waals surface area (Å²) >= 11 is 1.68. The maximum atomic E-state index is 12.3. The molecule has 1 N–H and O–H groups in total. The largest absolute Gasteiger partial charge is 0.481 e. The number of carboxylic acids is 1. The molecule has 3 nitrogen and oxygen atoms in total. The van der Waals surface area contributed by atoms with Gasteiger partial charge in [-0.2, -0.15) is 11.3 Å². The van der Waals surface area contributed by atoms with E-state index >= 15 is 0 Å². The van der Waals surface area contributed by atoms with Crippen molar-refractivity contribution in [2.24, 2.45) is 11.3 Å². The third kappa shape index (κ3) is 9.19. The molecule has 0 saturated heterocycles. The van der Waals surface area contributed by atoms with E-state index < -0.39 is 11.9 Å². The summed E-state index contributed by atoms with van der Waals surface area (Å²) in [5, 5.41) is 13.6. The molecule has 1 unspecified atom stereocenters. The molecule has 0 bridgehead atoms. The molecule has 0 spiro atoms. The number of hydrogen-bond donors (Lipinski definition) is 1. The molecule has 0 fully saturated rings. The van der Waals surface area contributed by atoms with Crippen LogP contribution in [0.5, 0.6) is 0 Å². The highest BCUT2D eigenvalue weighted by Crippen LogP contribution is 2.23. The van der Waals surface area contributed by atoms with Gasteiger partial charge < -0.3 is 5.11 Å². The van der Waals surface area contributed by atoms with Crippen molar-refractivity contribution in [2.75, 3.05) is 0 Å². The van der Waals surface area contributed by atoms with Crippen molar-refractivity contribution in [3.05, 3.63) is 64.9 Å². The summed E-state index contributed by atoms with van der Waals surface area (Å²) in [4.78, 5) is 23.8. The van der Waals surface area contributed by atoms with Crippen LogP contribution in [0.3, 0.4) is 0 Å². The van der Waals surface area contributed by atoms with Crippen molar-refractivity contribution in [1.82, 2.24) is 0 Å². The maximum absolute atomic E-state index is 12.3. The number of ketones is 1. The summed E-state index contributed by atoms with van der Waals surface area (Å²) in [5.74, 6) is 3.66. The Morgan fingerprint density at radius 1 is 1.16 bits per heavy atom. The Morgan fingerprint density at radius 2 is 1.97 bits per heavy atom. The quantitative estimate of drug-likeness (QED) is 0.252. The SMILES string of the molecule is CC(C)(C)C#C/C=C/CC(C(=O)O)C(=O)CCC/C=C/c1cccc(-c2ccsc2)c1. The smallest absolute Gasteiger partial charge is 0.314 e. The Hall–Kier alpha value is -2.90. The van der Waals surface area contributed by atoms with Crippen LogP contribution in [-0.2, 0) is 9.59 Å². The van der Waals surface area contributed by atoms with Gasteiger partial charge in [0.1, 0.15) is 11.7 Å². The van der Waals surface area contributed by atoms with Crippen molar-refractivity contribution in [1.29, 1.82) is 0 Å².